The Morgan fingerprint density at radius 2 is 2.33 bits per heavy atom. The number of rotatable bonds is 4. The van der Waals surface area contributed by atoms with Gasteiger partial charge < -0.3 is 4.98 Å². The minimum absolute atomic E-state index is 0.00130. The van der Waals surface area contributed by atoms with Crippen molar-refractivity contribution in [1.29, 1.82) is 0 Å². The molecule has 0 radical (unpaired) electrons. The Hall–Kier alpha value is -1.04. The topological polar surface area (TPSA) is 110 Å². The second-order valence-electron chi connectivity index (χ2n) is 3.31. The quantitative estimate of drug-likeness (QED) is 0.791. The zero-order valence-electron chi connectivity index (χ0n) is 9.05. The molecule has 0 fully saturated rings. The number of hydrogen-bond acceptors (Lipinski definition) is 6. The Balaban J connectivity index is 2.20. The average molecular weight is 354 g/mol. The van der Waals surface area contributed by atoms with Gasteiger partial charge in [-0.25, -0.2) is 17.8 Å². The van der Waals surface area contributed by atoms with Gasteiger partial charge in [0.2, 0.25) is 5.03 Å². The molecule has 11 heteroatoms. The van der Waals surface area contributed by atoms with E-state index in [0.29, 0.717) is 5.69 Å². The lowest BCUT2D eigenvalue weighted by atomic mass is 10.5. The van der Waals surface area contributed by atoms with E-state index < -0.39 is 10.0 Å². The van der Waals surface area contributed by atoms with Crippen LogP contribution in [0.25, 0.3) is 0 Å². The predicted molar refractivity (Wildman–Crippen MR) is 67.7 cm³/mol. The first-order valence-electron chi connectivity index (χ1n) is 4.61. The monoisotopic (exact) mass is 353 g/mol. The van der Waals surface area contributed by atoms with Crippen molar-refractivity contribution in [1.82, 2.24) is 24.7 Å². The molecule has 0 aliphatic rings. The average Bonchev–Trinajstić information content (AvgIpc) is 2.83. The van der Waals surface area contributed by atoms with Crippen molar-refractivity contribution in [3.05, 3.63) is 25.3 Å². The third kappa shape index (κ3) is 2.68. The summed E-state index contributed by atoms with van der Waals surface area (Å²) >= 11 is 3.99. The molecule has 2 aromatic heterocycles. The van der Waals surface area contributed by atoms with Crippen molar-refractivity contribution in [2.24, 2.45) is 7.05 Å². The van der Waals surface area contributed by atoms with E-state index in [2.05, 4.69) is 35.9 Å². The van der Waals surface area contributed by atoms with Crippen molar-refractivity contribution in [2.75, 3.05) is 0 Å². The molecule has 0 aliphatic heterocycles. The van der Waals surface area contributed by atoms with Crippen molar-refractivity contribution in [3.63, 3.8) is 0 Å². The number of aromatic nitrogens is 4. The molecule has 8 nitrogen and oxygen atoms in total. The molecule has 0 atom stereocenters. The molecule has 98 valence electrons. The Kier molecular flexibility index (Phi) is 3.66. The molecule has 0 spiro atoms. The lowest BCUT2D eigenvalue weighted by molar-refractivity contribution is 0.559. The van der Waals surface area contributed by atoms with Gasteiger partial charge in [-0.1, -0.05) is 16.6 Å². The number of hydrogen-bond donors (Lipinski definition) is 2. The van der Waals surface area contributed by atoms with E-state index in [-0.39, 0.29) is 21.0 Å². The van der Waals surface area contributed by atoms with Crippen LogP contribution in [0.5, 0.6) is 0 Å². The summed E-state index contributed by atoms with van der Waals surface area (Å²) in [5, 5.41) is 8.67. The Labute approximate surface area is 114 Å². The number of halogens is 1. The first-order valence-corrected chi connectivity index (χ1v) is 7.77. The van der Waals surface area contributed by atoms with Crippen LogP contribution in [0.1, 0.15) is 5.69 Å². The van der Waals surface area contributed by atoms with Gasteiger partial charge >= 0.3 is 4.87 Å². The summed E-state index contributed by atoms with van der Waals surface area (Å²) in [6.45, 7) is -0.00130. The first kappa shape index (κ1) is 13.4. The van der Waals surface area contributed by atoms with E-state index in [1.165, 1.54) is 7.05 Å². The minimum atomic E-state index is -3.74. The van der Waals surface area contributed by atoms with Gasteiger partial charge in [-0.05, 0) is 15.9 Å². The summed E-state index contributed by atoms with van der Waals surface area (Å²) in [7, 11) is -2.27. The Bertz CT molecular complexity index is 696. The zero-order valence-corrected chi connectivity index (χ0v) is 12.3. The lowest BCUT2D eigenvalue weighted by Gasteiger charge is -2.05. The fourth-order valence-corrected chi connectivity index (χ4v) is 3.93. The number of sulfonamides is 1. The van der Waals surface area contributed by atoms with Crippen LogP contribution in [0.2, 0.25) is 0 Å². The largest absolute Gasteiger partial charge is 0.315 e. The second kappa shape index (κ2) is 4.91. The number of thiazole rings is 1. The summed E-state index contributed by atoms with van der Waals surface area (Å²) in [6, 6.07) is 0. The van der Waals surface area contributed by atoms with E-state index in [4.69, 9.17) is 0 Å². The van der Waals surface area contributed by atoms with Crippen molar-refractivity contribution in [2.45, 2.75) is 11.6 Å². The fraction of sp³-hybridized carbons (Fsp3) is 0.286. The highest BCUT2D eigenvalue weighted by atomic mass is 79.9. The number of nitrogens with zero attached hydrogens (tertiary/aromatic N) is 3. The third-order valence-electron chi connectivity index (χ3n) is 2.02. The highest BCUT2D eigenvalue weighted by Gasteiger charge is 2.23. The molecule has 0 unspecified atom stereocenters. The Morgan fingerprint density at radius 1 is 1.61 bits per heavy atom. The molecule has 0 aromatic carbocycles. The number of H-pyrrole nitrogens is 1. The summed E-state index contributed by atoms with van der Waals surface area (Å²) in [5.41, 5.74) is 0.500. The minimum Gasteiger partial charge on any atom is -0.315 e. The second-order valence-corrected chi connectivity index (χ2v) is 6.58. The molecule has 2 aromatic rings. The molecule has 2 rings (SSSR count). The molecule has 2 N–H and O–H groups in total. The molecule has 0 saturated heterocycles. The zero-order chi connectivity index (χ0) is 13.3. The van der Waals surface area contributed by atoms with Gasteiger partial charge in [0, 0.05) is 18.1 Å². The van der Waals surface area contributed by atoms with Crippen molar-refractivity contribution in [3.8, 4) is 0 Å². The molecular weight excluding hydrogens is 346 g/mol. The number of aromatic amines is 1. The van der Waals surface area contributed by atoms with Crippen LogP contribution in [0.3, 0.4) is 0 Å². The number of aryl methyl sites for hydroxylation is 1. The van der Waals surface area contributed by atoms with Crippen LogP contribution >= 0.6 is 27.3 Å². The maximum absolute atomic E-state index is 12.0. The van der Waals surface area contributed by atoms with E-state index in [9.17, 15) is 13.2 Å². The summed E-state index contributed by atoms with van der Waals surface area (Å²) < 4.78 is 27.6. The molecule has 0 aliphatic carbocycles. The van der Waals surface area contributed by atoms with Crippen molar-refractivity contribution >= 4 is 37.3 Å². The van der Waals surface area contributed by atoms with Crippen LogP contribution < -0.4 is 9.60 Å². The van der Waals surface area contributed by atoms with Crippen LogP contribution in [-0.4, -0.2) is 28.4 Å². The third-order valence-corrected chi connectivity index (χ3v) is 5.02. The maximum Gasteiger partial charge on any atom is 0.304 e. The first-order chi connectivity index (χ1) is 8.40. The highest BCUT2D eigenvalue weighted by Crippen LogP contribution is 2.17. The van der Waals surface area contributed by atoms with E-state index in [0.717, 1.165) is 16.0 Å². The molecule has 0 saturated carbocycles. The number of nitrogens with one attached hydrogen (secondary N) is 2. The predicted octanol–water partition coefficient (Wildman–Crippen LogP) is -0.194. The standard InChI is InChI=1S/C7H8BrN5O3S2/c1-13-6(5(8)11-12-13)18(15,16)9-2-4-3-17-7(14)10-4/h3,9H,2H2,1H3,(H,10,14). The molecular formula is C7H8BrN5O3S2. The van der Waals surface area contributed by atoms with Gasteiger partial charge in [-0.15, -0.1) is 5.10 Å². The van der Waals surface area contributed by atoms with Crippen molar-refractivity contribution < 1.29 is 8.42 Å². The Morgan fingerprint density at radius 3 is 2.83 bits per heavy atom. The van der Waals surface area contributed by atoms with Crippen LogP contribution in [0.15, 0.2) is 19.8 Å². The maximum atomic E-state index is 12.0. The fourth-order valence-electron chi connectivity index (χ4n) is 1.25. The van der Waals surface area contributed by atoms with Gasteiger partial charge in [0.1, 0.15) is 0 Å². The summed E-state index contributed by atoms with van der Waals surface area (Å²) in [6.07, 6.45) is 0. The van der Waals surface area contributed by atoms with Gasteiger partial charge in [-0.3, -0.25) is 4.79 Å². The smallest absolute Gasteiger partial charge is 0.304 e. The molecule has 0 amide bonds. The lowest BCUT2D eigenvalue weighted by Crippen LogP contribution is -2.26. The van der Waals surface area contributed by atoms with Gasteiger partial charge in [0.05, 0.1) is 6.54 Å². The highest BCUT2D eigenvalue weighted by molar-refractivity contribution is 9.10. The molecule has 18 heavy (non-hydrogen) atoms. The van der Waals surface area contributed by atoms with E-state index in [1.54, 1.807) is 5.38 Å². The van der Waals surface area contributed by atoms with E-state index in [1.807, 2.05) is 0 Å². The van der Waals surface area contributed by atoms with Crippen LogP contribution in [0, 0.1) is 0 Å². The van der Waals surface area contributed by atoms with Gasteiger partial charge in [-0.2, -0.15) is 0 Å². The normalized spacial score (nSPS) is 11.9. The summed E-state index contributed by atoms with van der Waals surface area (Å²) in [4.78, 5) is 13.2. The summed E-state index contributed by atoms with van der Waals surface area (Å²) in [5.74, 6) is 0. The SMILES string of the molecule is Cn1nnc(Br)c1S(=O)(=O)NCc1csc(=O)[nH]1. The van der Waals surface area contributed by atoms with Crippen LogP contribution in [-0.2, 0) is 23.6 Å². The molecule has 2 heterocycles. The van der Waals surface area contributed by atoms with Crippen LogP contribution in [0.4, 0.5) is 0 Å². The molecule has 0 bridgehead atoms. The van der Waals surface area contributed by atoms with E-state index >= 15 is 0 Å². The van der Waals surface area contributed by atoms with Gasteiger partial charge in [0.15, 0.2) is 4.60 Å². The van der Waals surface area contributed by atoms with Gasteiger partial charge in [0.25, 0.3) is 10.0 Å².